The van der Waals surface area contributed by atoms with Crippen LogP contribution in [0, 0.1) is 0 Å². The van der Waals surface area contributed by atoms with Crippen molar-refractivity contribution in [2.45, 2.75) is 18.9 Å². The van der Waals surface area contributed by atoms with Gasteiger partial charge < -0.3 is 4.90 Å². The molecule has 3 heterocycles. The molecule has 0 spiro atoms. The maximum absolute atomic E-state index is 12.8. The van der Waals surface area contributed by atoms with Gasteiger partial charge in [0.15, 0.2) is 0 Å². The molecule has 0 bridgehead atoms. The van der Waals surface area contributed by atoms with Crippen molar-refractivity contribution in [2.24, 2.45) is 0 Å². The molecule has 116 valence electrons. The van der Waals surface area contributed by atoms with Crippen LogP contribution in [0.2, 0.25) is 0 Å². The Labute approximate surface area is 138 Å². The molecule has 0 N–H and O–H groups in total. The number of likely N-dealkylation sites (tertiary alicyclic amines) is 1. The Kier molecular flexibility index (Phi) is 3.67. The highest BCUT2D eigenvalue weighted by atomic mass is 32.1. The van der Waals surface area contributed by atoms with Gasteiger partial charge in [-0.1, -0.05) is 0 Å². The zero-order valence-electron chi connectivity index (χ0n) is 12.5. The number of hydrogen-bond donors (Lipinski definition) is 0. The monoisotopic (exact) mass is 324 g/mol. The van der Waals surface area contributed by atoms with E-state index in [9.17, 15) is 4.79 Å². The number of benzene rings is 1. The molecule has 1 amide bonds. The first-order valence-corrected chi connectivity index (χ1v) is 8.55. The molecule has 0 aliphatic carbocycles. The molecule has 3 aromatic rings. The highest BCUT2D eigenvalue weighted by Gasteiger charge is 2.30. The lowest BCUT2D eigenvalue weighted by atomic mass is 10.1. The lowest BCUT2D eigenvalue weighted by Gasteiger charge is -2.24. The van der Waals surface area contributed by atoms with Gasteiger partial charge in [0.05, 0.1) is 11.7 Å². The number of thiophene rings is 1. The SMILES string of the molecule is O=C(c1ccc(-n2cncn2)cc1)N1CCCC1c1ccsc1. The van der Waals surface area contributed by atoms with Crippen LogP contribution < -0.4 is 0 Å². The number of nitrogens with zero attached hydrogens (tertiary/aromatic N) is 4. The van der Waals surface area contributed by atoms with Gasteiger partial charge in [-0.05, 0) is 59.5 Å². The van der Waals surface area contributed by atoms with Crippen LogP contribution in [-0.2, 0) is 0 Å². The fourth-order valence-corrected chi connectivity index (χ4v) is 3.79. The fourth-order valence-electron chi connectivity index (χ4n) is 3.09. The van der Waals surface area contributed by atoms with Gasteiger partial charge in [-0.2, -0.15) is 16.4 Å². The molecule has 0 radical (unpaired) electrons. The second-order valence-electron chi connectivity index (χ2n) is 5.60. The van der Waals surface area contributed by atoms with Gasteiger partial charge in [0.25, 0.3) is 5.91 Å². The van der Waals surface area contributed by atoms with E-state index in [1.54, 1.807) is 22.3 Å². The Balaban J connectivity index is 1.56. The molecule has 0 saturated carbocycles. The molecule has 1 atom stereocenters. The lowest BCUT2D eigenvalue weighted by molar-refractivity contribution is 0.0736. The third-order valence-corrected chi connectivity index (χ3v) is 4.94. The first kappa shape index (κ1) is 14.1. The highest BCUT2D eigenvalue weighted by Crippen LogP contribution is 2.34. The summed E-state index contributed by atoms with van der Waals surface area (Å²) in [5, 5.41) is 8.31. The van der Waals surface area contributed by atoms with Gasteiger partial charge in [0.1, 0.15) is 12.7 Å². The topological polar surface area (TPSA) is 51.0 Å². The van der Waals surface area contributed by atoms with E-state index < -0.39 is 0 Å². The maximum atomic E-state index is 12.8. The molecule has 1 aliphatic heterocycles. The molecule has 6 heteroatoms. The van der Waals surface area contributed by atoms with E-state index in [2.05, 4.69) is 26.9 Å². The molecular weight excluding hydrogens is 308 g/mol. The summed E-state index contributed by atoms with van der Waals surface area (Å²) >= 11 is 1.68. The summed E-state index contributed by atoms with van der Waals surface area (Å²) in [6.45, 7) is 0.824. The van der Waals surface area contributed by atoms with Crippen molar-refractivity contribution in [1.82, 2.24) is 19.7 Å². The van der Waals surface area contributed by atoms with E-state index in [0.29, 0.717) is 0 Å². The predicted octanol–water partition coefficient (Wildman–Crippen LogP) is 3.31. The molecule has 1 aliphatic rings. The summed E-state index contributed by atoms with van der Waals surface area (Å²) < 4.78 is 1.68. The molecule has 1 fully saturated rings. The molecule has 1 aromatic carbocycles. The number of carbonyl (C=O) groups excluding carboxylic acids is 1. The molecular formula is C17H16N4OS. The quantitative estimate of drug-likeness (QED) is 0.743. The van der Waals surface area contributed by atoms with Gasteiger partial charge in [-0.3, -0.25) is 4.79 Å². The largest absolute Gasteiger partial charge is 0.332 e. The first-order valence-electron chi connectivity index (χ1n) is 7.61. The molecule has 23 heavy (non-hydrogen) atoms. The van der Waals surface area contributed by atoms with Crippen molar-refractivity contribution < 1.29 is 4.79 Å². The predicted molar refractivity (Wildman–Crippen MR) is 88.7 cm³/mol. The van der Waals surface area contributed by atoms with Crippen molar-refractivity contribution in [2.75, 3.05) is 6.54 Å². The molecule has 1 unspecified atom stereocenters. The van der Waals surface area contributed by atoms with Crippen molar-refractivity contribution in [3.63, 3.8) is 0 Å². The number of rotatable bonds is 3. The Hall–Kier alpha value is -2.47. The molecule has 2 aromatic heterocycles. The Morgan fingerprint density at radius 2 is 2.09 bits per heavy atom. The average molecular weight is 324 g/mol. The van der Waals surface area contributed by atoms with E-state index >= 15 is 0 Å². The fraction of sp³-hybridized carbons (Fsp3) is 0.235. The van der Waals surface area contributed by atoms with Gasteiger partial charge in [-0.15, -0.1) is 0 Å². The summed E-state index contributed by atoms with van der Waals surface area (Å²) in [7, 11) is 0. The third-order valence-electron chi connectivity index (χ3n) is 4.24. The van der Waals surface area contributed by atoms with E-state index in [0.717, 1.165) is 30.6 Å². The van der Waals surface area contributed by atoms with Crippen LogP contribution in [0.15, 0.2) is 53.7 Å². The van der Waals surface area contributed by atoms with Crippen LogP contribution in [0.5, 0.6) is 0 Å². The first-order chi connectivity index (χ1) is 11.3. The smallest absolute Gasteiger partial charge is 0.254 e. The van der Waals surface area contributed by atoms with Crippen molar-refractivity contribution in [3.05, 3.63) is 64.9 Å². The van der Waals surface area contributed by atoms with Crippen molar-refractivity contribution in [1.29, 1.82) is 0 Å². The lowest BCUT2D eigenvalue weighted by Crippen LogP contribution is -2.30. The summed E-state index contributed by atoms with van der Waals surface area (Å²) in [5.41, 5.74) is 2.87. The number of hydrogen-bond acceptors (Lipinski definition) is 4. The maximum Gasteiger partial charge on any atom is 0.254 e. The number of carbonyl (C=O) groups is 1. The van der Waals surface area contributed by atoms with Crippen LogP contribution in [-0.4, -0.2) is 32.1 Å². The highest BCUT2D eigenvalue weighted by molar-refractivity contribution is 7.08. The van der Waals surface area contributed by atoms with Crippen molar-refractivity contribution in [3.8, 4) is 5.69 Å². The second-order valence-corrected chi connectivity index (χ2v) is 6.38. The van der Waals surface area contributed by atoms with Crippen LogP contribution in [0.1, 0.15) is 34.8 Å². The van der Waals surface area contributed by atoms with E-state index in [1.165, 1.54) is 11.9 Å². The van der Waals surface area contributed by atoms with Crippen LogP contribution in [0.25, 0.3) is 5.69 Å². The third kappa shape index (κ3) is 2.66. The van der Waals surface area contributed by atoms with Crippen LogP contribution in [0.3, 0.4) is 0 Å². The van der Waals surface area contributed by atoms with E-state index in [4.69, 9.17) is 0 Å². The zero-order valence-corrected chi connectivity index (χ0v) is 13.3. The summed E-state index contributed by atoms with van der Waals surface area (Å²) in [6.07, 6.45) is 5.24. The minimum Gasteiger partial charge on any atom is -0.332 e. The Morgan fingerprint density at radius 1 is 1.22 bits per heavy atom. The Morgan fingerprint density at radius 3 is 2.78 bits per heavy atom. The van der Waals surface area contributed by atoms with Crippen molar-refractivity contribution >= 4 is 17.2 Å². The summed E-state index contributed by atoms with van der Waals surface area (Å²) in [4.78, 5) is 18.8. The van der Waals surface area contributed by atoms with Crippen LogP contribution >= 0.6 is 11.3 Å². The minimum absolute atomic E-state index is 0.101. The number of aromatic nitrogens is 3. The normalized spacial score (nSPS) is 17.6. The summed E-state index contributed by atoms with van der Waals surface area (Å²) in [6, 6.07) is 9.86. The minimum atomic E-state index is 0.101. The summed E-state index contributed by atoms with van der Waals surface area (Å²) in [5.74, 6) is 0.101. The second kappa shape index (κ2) is 5.96. The molecule has 1 saturated heterocycles. The Bertz CT molecular complexity index is 781. The molecule has 5 nitrogen and oxygen atoms in total. The van der Waals surface area contributed by atoms with E-state index in [1.807, 2.05) is 29.2 Å². The number of amides is 1. The van der Waals surface area contributed by atoms with Gasteiger partial charge in [-0.25, -0.2) is 9.67 Å². The zero-order chi connectivity index (χ0) is 15.6. The van der Waals surface area contributed by atoms with Gasteiger partial charge in [0, 0.05) is 12.1 Å². The van der Waals surface area contributed by atoms with E-state index in [-0.39, 0.29) is 11.9 Å². The molecule has 4 rings (SSSR count). The van der Waals surface area contributed by atoms with Gasteiger partial charge >= 0.3 is 0 Å². The standard InChI is InChI=1S/C17H16N4OS/c22-17(20-8-1-2-16(20)14-7-9-23-10-14)13-3-5-15(6-4-13)21-12-18-11-19-21/h3-7,9-12,16H,1-2,8H2. The average Bonchev–Trinajstić information content (AvgIpc) is 3.35. The van der Waals surface area contributed by atoms with Crippen LogP contribution in [0.4, 0.5) is 0 Å². The van der Waals surface area contributed by atoms with Gasteiger partial charge in [0.2, 0.25) is 0 Å².